The van der Waals surface area contributed by atoms with Crippen molar-refractivity contribution in [2.75, 3.05) is 6.61 Å². The molecule has 0 bridgehead atoms. The van der Waals surface area contributed by atoms with Crippen LogP contribution in [-0.2, 0) is 4.52 Å². The number of aliphatic hydroxyl groups is 2. The first-order chi connectivity index (χ1) is 4.13. The number of hydrogen-bond donors (Lipinski definition) is 4. The van der Waals surface area contributed by atoms with Crippen LogP contribution in [0, 0.1) is 0 Å². The van der Waals surface area contributed by atoms with Crippen molar-refractivity contribution in [1.82, 2.24) is 0 Å². The van der Waals surface area contributed by atoms with E-state index in [1.165, 1.54) is 0 Å². The van der Waals surface area contributed by atoms with Gasteiger partial charge in [-0.05, 0) is 0 Å². The van der Waals surface area contributed by atoms with E-state index in [-0.39, 0.29) is 6.61 Å². The standard InChI is InChI=1S/C3H7O5P/c4-3(5)1-2-8-9(6)7/h1,4-7H,2H2. The van der Waals surface area contributed by atoms with Gasteiger partial charge in [0.1, 0.15) is 0 Å². The molecule has 9 heavy (non-hydrogen) atoms. The fraction of sp³-hybridized carbons (Fsp3) is 0.333. The fourth-order valence-corrected chi connectivity index (χ4v) is 0.386. The first-order valence-electron chi connectivity index (χ1n) is 2.02. The van der Waals surface area contributed by atoms with Crippen LogP contribution in [0.1, 0.15) is 0 Å². The van der Waals surface area contributed by atoms with Gasteiger partial charge >= 0.3 is 8.60 Å². The molecular weight excluding hydrogens is 147 g/mol. The monoisotopic (exact) mass is 154 g/mol. The molecule has 54 valence electrons. The molecule has 0 fully saturated rings. The van der Waals surface area contributed by atoms with Crippen molar-refractivity contribution in [1.29, 1.82) is 0 Å². The topological polar surface area (TPSA) is 90.2 Å². The fourth-order valence-electron chi connectivity index (χ4n) is 0.178. The average Bonchev–Trinajstić information content (AvgIpc) is 1.63. The van der Waals surface area contributed by atoms with Crippen LogP contribution in [0.3, 0.4) is 0 Å². The summed E-state index contributed by atoms with van der Waals surface area (Å²) >= 11 is 0. The third kappa shape index (κ3) is 7.65. The predicted molar refractivity (Wildman–Crippen MR) is 30.7 cm³/mol. The van der Waals surface area contributed by atoms with E-state index in [0.717, 1.165) is 6.08 Å². The Morgan fingerprint density at radius 1 is 1.44 bits per heavy atom. The summed E-state index contributed by atoms with van der Waals surface area (Å²) in [5, 5.41) is 16.1. The third-order valence-corrected chi connectivity index (χ3v) is 0.836. The van der Waals surface area contributed by atoms with Gasteiger partial charge in [0, 0.05) is 6.08 Å². The Labute approximate surface area is 52.8 Å². The molecule has 0 aromatic carbocycles. The van der Waals surface area contributed by atoms with Crippen LogP contribution in [0.25, 0.3) is 0 Å². The zero-order valence-corrected chi connectivity index (χ0v) is 5.32. The second-order valence-corrected chi connectivity index (χ2v) is 1.87. The maximum Gasteiger partial charge on any atom is 0.327 e. The van der Waals surface area contributed by atoms with Crippen molar-refractivity contribution in [3.05, 3.63) is 12.0 Å². The van der Waals surface area contributed by atoms with E-state index in [2.05, 4.69) is 4.52 Å². The van der Waals surface area contributed by atoms with Crippen LogP contribution in [0.4, 0.5) is 0 Å². The zero-order valence-electron chi connectivity index (χ0n) is 4.43. The normalized spacial score (nSPS) is 9.67. The predicted octanol–water partition coefficient (Wildman–Crippen LogP) is 0.172. The summed E-state index contributed by atoms with van der Waals surface area (Å²) in [7, 11) is -2.40. The summed E-state index contributed by atoms with van der Waals surface area (Å²) in [6, 6.07) is 0. The average molecular weight is 154 g/mol. The molecule has 0 saturated heterocycles. The molecule has 0 aromatic heterocycles. The molecule has 0 unspecified atom stereocenters. The number of aliphatic hydroxyl groups excluding tert-OH is 1. The van der Waals surface area contributed by atoms with Gasteiger partial charge in [-0.1, -0.05) is 0 Å². The maximum atomic E-state index is 8.07. The Bertz CT molecular complexity index is 96.4. The van der Waals surface area contributed by atoms with Crippen molar-refractivity contribution in [2.45, 2.75) is 0 Å². The van der Waals surface area contributed by atoms with Crippen molar-refractivity contribution < 1.29 is 24.5 Å². The summed E-state index contributed by atoms with van der Waals surface area (Å²) in [6.45, 7) is -0.221. The SMILES string of the molecule is OC(O)=CCOP(O)O. The summed E-state index contributed by atoms with van der Waals surface area (Å²) < 4.78 is 4.13. The van der Waals surface area contributed by atoms with Gasteiger partial charge in [-0.2, -0.15) is 0 Å². The highest BCUT2D eigenvalue weighted by atomic mass is 31.2. The van der Waals surface area contributed by atoms with Crippen molar-refractivity contribution in [2.24, 2.45) is 0 Å². The first kappa shape index (κ1) is 8.65. The highest BCUT2D eigenvalue weighted by Gasteiger charge is 1.95. The molecule has 0 aliphatic rings. The third-order valence-electron chi connectivity index (χ3n) is 0.456. The molecule has 0 heterocycles. The van der Waals surface area contributed by atoms with Gasteiger partial charge in [0.2, 0.25) is 0 Å². The molecule has 4 N–H and O–H groups in total. The van der Waals surface area contributed by atoms with E-state index in [0.29, 0.717) is 0 Å². The molecule has 0 aliphatic carbocycles. The molecular formula is C3H7O5P. The molecule has 0 atom stereocenters. The lowest BCUT2D eigenvalue weighted by Crippen LogP contribution is -1.86. The Morgan fingerprint density at radius 3 is 2.33 bits per heavy atom. The quantitative estimate of drug-likeness (QED) is 0.343. The van der Waals surface area contributed by atoms with E-state index in [9.17, 15) is 0 Å². The highest BCUT2D eigenvalue weighted by molar-refractivity contribution is 7.39. The number of hydrogen-bond acceptors (Lipinski definition) is 5. The van der Waals surface area contributed by atoms with Crippen LogP contribution < -0.4 is 0 Å². The minimum Gasteiger partial charge on any atom is -0.481 e. The second-order valence-electron chi connectivity index (χ2n) is 1.11. The lowest BCUT2D eigenvalue weighted by atomic mass is 10.7. The summed E-state index contributed by atoms with van der Waals surface area (Å²) in [6.07, 6.45) is 0.891. The molecule has 0 aliphatic heterocycles. The molecule has 5 nitrogen and oxygen atoms in total. The summed E-state index contributed by atoms with van der Waals surface area (Å²) in [4.78, 5) is 16.1. The van der Waals surface area contributed by atoms with Gasteiger partial charge in [0.25, 0.3) is 5.95 Å². The highest BCUT2D eigenvalue weighted by Crippen LogP contribution is 2.23. The van der Waals surface area contributed by atoms with Gasteiger partial charge < -0.3 is 24.5 Å². The lowest BCUT2D eigenvalue weighted by molar-refractivity contribution is 0.183. The molecule has 0 radical (unpaired) electrons. The van der Waals surface area contributed by atoms with E-state index < -0.39 is 14.5 Å². The Hall–Kier alpha value is -0.350. The van der Waals surface area contributed by atoms with Crippen LogP contribution in [-0.4, -0.2) is 26.6 Å². The summed E-state index contributed by atoms with van der Waals surface area (Å²) in [5.41, 5.74) is 0. The molecule has 6 heteroatoms. The van der Waals surface area contributed by atoms with E-state index in [1.807, 2.05) is 0 Å². The minimum atomic E-state index is -2.40. The number of rotatable bonds is 3. The Kier molecular flexibility index (Phi) is 4.35. The van der Waals surface area contributed by atoms with Gasteiger partial charge in [-0.3, -0.25) is 0 Å². The summed E-state index contributed by atoms with van der Waals surface area (Å²) in [5.74, 6) is -0.896. The van der Waals surface area contributed by atoms with Crippen LogP contribution in [0.15, 0.2) is 12.0 Å². The van der Waals surface area contributed by atoms with E-state index >= 15 is 0 Å². The first-order valence-corrected chi connectivity index (χ1v) is 3.18. The van der Waals surface area contributed by atoms with Crippen LogP contribution in [0.5, 0.6) is 0 Å². The van der Waals surface area contributed by atoms with Crippen molar-refractivity contribution >= 4 is 8.60 Å². The second kappa shape index (κ2) is 4.52. The molecule has 0 amide bonds. The zero-order chi connectivity index (χ0) is 7.28. The maximum absolute atomic E-state index is 8.07. The molecule has 0 rings (SSSR count). The van der Waals surface area contributed by atoms with Gasteiger partial charge in [0.15, 0.2) is 0 Å². The van der Waals surface area contributed by atoms with E-state index in [4.69, 9.17) is 20.0 Å². The minimum absolute atomic E-state index is 0.221. The largest absolute Gasteiger partial charge is 0.481 e. The van der Waals surface area contributed by atoms with Crippen LogP contribution >= 0.6 is 8.60 Å². The van der Waals surface area contributed by atoms with Crippen LogP contribution in [0.2, 0.25) is 0 Å². The van der Waals surface area contributed by atoms with Crippen molar-refractivity contribution in [3.8, 4) is 0 Å². The smallest absolute Gasteiger partial charge is 0.327 e. The van der Waals surface area contributed by atoms with Crippen molar-refractivity contribution in [3.63, 3.8) is 0 Å². The van der Waals surface area contributed by atoms with E-state index in [1.54, 1.807) is 0 Å². The Morgan fingerprint density at radius 2 is 2.00 bits per heavy atom. The Balaban J connectivity index is 3.20. The van der Waals surface area contributed by atoms with Gasteiger partial charge in [-0.15, -0.1) is 0 Å². The lowest BCUT2D eigenvalue weighted by Gasteiger charge is -1.97. The van der Waals surface area contributed by atoms with Gasteiger partial charge in [-0.25, -0.2) is 0 Å². The molecule has 0 spiro atoms. The molecule has 0 saturated carbocycles. The van der Waals surface area contributed by atoms with Gasteiger partial charge in [0.05, 0.1) is 6.61 Å². The molecule has 0 aromatic rings.